The number of benzene rings is 2. The van der Waals surface area contributed by atoms with E-state index in [1.807, 2.05) is 31.2 Å². The Bertz CT molecular complexity index is 589. The fourth-order valence-electron chi connectivity index (χ4n) is 1.84. The van der Waals surface area contributed by atoms with Crippen LogP contribution in [0.2, 0.25) is 5.02 Å². The lowest BCUT2D eigenvalue weighted by atomic mass is 10.0. The van der Waals surface area contributed by atoms with E-state index < -0.39 is 5.82 Å². The Kier molecular flexibility index (Phi) is 5.02. The zero-order valence-corrected chi connectivity index (χ0v) is 13.2. The molecule has 2 aromatic carbocycles. The van der Waals surface area contributed by atoms with E-state index in [1.54, 1.807) is 0 Å². The average Bonchev–Trinajstić information content (AvgIpc) is 2.39. The molecule has 2 rings (SSSR count). The van der Waals surface area contributed by atoms with Crippen LogP contribution in [0.15, 0.2) is 46.9 Å². The monoisotopic (exact) mass is 357 g/mol. The number of halogens is 3. The van der Waals surface area contributed by atoms with E-state index >= 15 is 0 Å². The average molecular weight is 359 g/mol. The van der Waals surface area contributed by atoms with E-state index in [4.69, 9.17) is 22.1 Å². The highest BCUT2D eigenvalue weighted by Crippen LogP contribution is 2.31. The van der Waals surface area contributed by atoms with Crippen LogP contribution in [0.25, 0.3) is 0 Å². The lowest BCUT2D eigenvalue weighted by Gasteiger charge is -2.23. The highest BCUT2D eigenvalue weighted by molar-refractivity contribution is 9.10. The molecule has 0 saturated heterocycles. The summed E-state index contributed by atoms with van der Waals surface area (Å²) in [6.07, 6.45) is -0.355. The topological polar surface area (TPSA) is 35.2 Å². The van der Waals surface area contributed by atoms with Gasteiger partial charge in [0.15, 0.2) is 0 Å². The molecule has 0 fully saturated rings. The van der Waals surface area contributed by atoms with Gasteiger partial charge in [-0.05, 0) is 42.8 Å². The van der Waals surface area contributed by atoms with E-state index in [-0.39, 0.29) is 17.2 Å². The predicted octanol–water partition coefficient (Wildman–Crippen LogP) is 4.71. The summed E-state index contributed by atoms with van der Waals surface area (Å²) in [5.41, 5.74) is 6.91. The van der Waals surface area contributed by atoms with Crippen molar-refractivity contribution < 1.29 is 9.13 Å². The summed E-state index contributed by atoms with van der Waals surface area (Å²) in [5.74, 6) is 0.0154. The molecule has 106 valence electrons. The zero-order chi connectivity index (χ0) is 14.7. The Hall–Kier alpha value is -1.10. The fourth-order valence-corrected chi connectivity index (χ4v) is 2.32. The molecule has 20 heavy (non-hydrogen) atoms. The summed E-state index contributed by atoms with van der Waals surface area (Å²) < 4.78 is 19.9. The highest BCUT2D eigenvalue weighted by atomic mass is 79.9. The van der Waals surface area contributed by atoms with Crippen LogP contribution in [-0.4, -0.2) is 6.04 Å². The molecule has 5 heteroatoms. The van der Waals surface area contributed by atoms with Gasteiger partial charge in [-0.25, -0.2) is 4.39 Å². The summed E-state index contributed by atoms with van der Waals surface area (Å²) in [5, 5.41) is 0.229. The minimum atomic E-state index is -0.400. The fraction of sp³-hybridized carbons (Fsp3) is 0.200. The molecule has 0 radical (unpaired) electrons. The van der Waals surface area contributed by atoms with Gasteiger partial charge in [-0.3, -0.25) is 0 Å². The Morgan fingerprint density at radius 1 is 1.20 bits per heavy atom. The molecule has 0 aliphatic carbocycles. The third kappa shape index (κ3) is 3.72. The second kappa shape index (κ2) is 6.57. The van der Waals surface area contributed by atoms with Crippen molar-refractivity contribution in [2.45, 2.75) is 19.1 Å². The first-order valence-electron chi connectivity index (χ1n) is 6.10. The molecule has 0 saturated carbocycles. The SMILES string of the molecule is CC(N)C(Oc1ccc(F)cc1Cl)c1ccc(Br)cc1. The van der Waals surface area contributed by atoms with Crippen molar-refractivity contribution >= 4 is 27.5 Å². The zero-order valence-electron chi connectivity index (χ0n) is 10.8. The molecule has 2 unspecified atom stereocenters. The first-order valence-corrected chi connectivity index (χ1v) is 7.27. The summed E-state index contributed by atoms with van der Waals surface area (Å²) in [7, 11) is 0. The number of nitrogens with two attached hydrogens (primary N) is 1. The van der Waals surface area contributed by atoms with Gasteiger partial charge in [0.05, 0.1) is 5.02 Å². The van der Waals surface area contributed by atoms with Gasteiger partial charge >= 0.3 is 0 Å². The number of hydrogen-bond acceptors (Lipinski definition) is 2. The van der Waals surface area contributed by atoms with E-state index in [1.165, 1.54) is 18.2 Å². The number of hydrogen-bond donors (Lipinski definition) is 1. The summed E-state index contributed by atoms with van der Waals surface area (Å²) in [4.78, 5) is 0. The molecule has 2 N–H and O–H groups in total. The second-order valence-electron chi connectivity index (χ2n) is 4.52. The minimum absolute atomic E-state index is 0.229. The molecule has 2 aromatic rings. The second-order valence-corrected chi connectivity index (χ2v) is 5.85. The first kappa shape index (κ1) is 15.3. The van der Waals surface area contributed by atoms with Crippen LogP contribution < -0.4 is 10.5 Å². The van der Waals surface area contributed by atoms with Crippen LogP contribution in [0, 0.1) is 5.82 Å². The Balaban J connectivity index is 2.28. The normalized spacial score (nSPS) is 13.8. The molecule has 2 nitrogen and oxygen atoms in total. The Morgan fingerprint density at radius 3 is 2.40 bits per heavy atom. The van der Waals surface area contributed by atoms with Gasteiger partial charge in [-0.15, -0.1) is 0 Å². The lowest BCUT2D eigenvalue weighted by Crippen LogP contribution is -2.29. The van der Waals surface area contributed by atoms with Gasteiger partial charge in [0.25, 0.3) is 0 Å². The van der Waals surface area contributed by atoms with Crippen molar-refractivity contribution in [3.8, 4) is 5.75 Å². The van der Waals surface area contributed by atoms with E-state index in [2.05, 4.69) is 15.9 Å². The maximum absolute atomic E-state index is 13.0. The lowest BCUT2D eigenvalue weighted by molar-refractivity contribution is 0.180. The van der Waals surface area contributed by atoms with Crippen molar-refractivity contribution in [2.75, 3.05) is 0 Å². The van der Waals surface area contributed by atoms with Crippen molar-refractivity contribution in [3.63, 3.8) is 0 Å². The van der Waals surface area contributed by atoms with E-state index in [0.717, 1.165) is 10.0 Å². The molecular formula is C15H14BrClFNO. The van der Waals surface area contributed by atoms with Crippen LogP contribution in [0.4, 0.5) is 4.39 Å². The maximum Gasteiger partial charge on any atom is 0.139 e. The largest absolute Gasteiger partial charge is 0.483 e. The summed E-state index contributed by atoms with van der Waals surface area (Å²) in [6.45, 7) is 1.85. The third-order valence-corrected chi connectivity index (χ3v) is 3.65. The molecule has 0 aliphatic heterocycles. The Labute approximate surface area is 130 Å². The molecular weight excluding hydrogens is 345 g/mol. The van der Waals surface area contributed by atoms with Crippen molar-refractivity contribution in [2.24, 2.45) is 5.73 Å². The highest BCUT2D eigenvalue weighted by Gasteiger charge is 2.19. The van der Waals surface area contributed by atoms with Gasteiger partial charge < -0.3 is 10.5 Å². The van der Waals surface area contributed by atoms with E-state index in [0.29, 0.717) is 5.75 Å². The van der Waals surface area contributed by atoms with Crippen LogP contribution >= 0.6 is 27.5 Å². The third-order valence-electron chi connectivity index (χ3n) is 2.82. The van der Waals surface area contributed by atoms with Crippen LogP contribution in [0.3, 0.4) is 0 Å². The van der Waals surface area contributed by atoms with Crippen molar-refractivity contribution in [1.82, 2.24) is 0 Å². The summed E-state index contributed by atoms with van der Waals surface area (Å²) >= 11 is 9.36. The number of rotatable bonds is 4. The van der Waals surface area contributed by atoms with Gasteiger partial charge in [0, 0.05) is 10.5 Å². The maximum atomic E-state index is 13.0. The first-order chi connectivity index (χ1) is 9.47. The van der Waals surface area contributed by atoms with Crippen LogP contribution in [0.1, 0.15) is 18.6 Å². The summed E-state index contributed by atoms with van der Waals surface area (Å²) in [6, 6.07) is 11.5. The molecule has 2 atom stereocenters. The molecule has 0 spiro atoms. The van der Waals surface area contributed by atoms with Crippen molar-refractivity contribution in [3.05, 3.63) is 63.3 Å². The van der Waals surface area contributed by atoms with Crippen LogP contribution in [-0.2, 0) is 0 Å². The van der Waals surface area contributed by atoms with E-state index in [9.17, 15) is 4.39 Å². The van der Waals surface area contributed by atoms with Gasteiger partial charge in [0.2, 0.25) is 0 Å². The smallest absolute Gasteiger partial charge is 0.139 e. The molecule has 0 amide bonds. The molecule has 0 bridgehead atoms. The molecule has 0 aliphatic rings. The standard InChI is InChI=1S/C15H14BrClFNO/c1-9(19)15(10-2-4-11(16)5-3-10)20-14-7-6-12(18)8-13(14)17/h2-9,15H,19H2,1H3. The minimum Gasteiger partial charge on any atom is -0.483 e. The van der Waals surface area contributed by atoms with Gasteiger partial charge in [0.1, 0.15) is 17.7 Å². The quantitative estimate of drug-likeness (QED) is 0.859. The molecule has 0 heterocycles. The van der Waals surface area contributed by atoms with Crippen LogP contribution in [0.5, 0.6) is 5.75 Å². The predicted molar refractivity (Wildman–Crippen MR) is 82.6 cm³/mol. The van der Waals surface area contributed by atoms with Crippen molar-refractivity contribution in [1.29, 1.82) is 0 Å². The van der Waals surface area contributed by atoms with Gasteiger partial charge in [-0.2, -0.15) is 0 Å². The Morgan fingerprint density at radius 2 is 1.85 bits per heavy atom. The van der Waals surface area contributed by atoms with Gasteiger partial charge in [-0.1, -0.05) is 39.7 Å². The number of ether oxygens (including phenoxy) is 1. The molecule has 0 aromatic heterocycles.